The normalized spacial score (nSPS) is 21.0. The van der Waals surface area contributed by atoms with Gasteiger partial charge in [0.15, 0.2) is 0 Å². The lowest BCUT2D eigenvalue weighted by atomic mass is 9.79. The monoisotopic (exact) mass is 387 g/mol. The summed E-state index contributed by atoms with van der Waals surface area (Å²) in [7, 11) is 1.53. The average Bonchev–Trinajstić information content (AvgIpc) is 2.70. The Morgan fingerprint density at radius 1 is 1.25 bits per heavy atom. The molecule has 4 N–H and O–H groups in total. The van der Waals surface area contributed by atoms with Crippen LogP contribution in [0.1, 0.15) is 29.3 Å². The lowest BCUT2D eigenvalue weighted by Crippen LogP contribution is -2.61. The third kappa shape index (κ3) is 5.28. The lowest BCUT2D eigenvalue weighted by Gasteiger charge is -2.43. The second kappa shape index (κ2) is 9.82. The van der Waals surface area contributed by atoms with E-state index in [9.17, 15) is 9.90 Å². The van der Waals surface area contributed by atoms with Gasteiger partial charge in [0, 0.05) is 25.7 Å². The number of pyridine rings is 1. The van der Waals surface area contributed by atoms with Gasteiger partial charge in [0.1, 0.15) is 0 Å². The number of hydrogen-bond acceptors (Lipinski definition) is 6. The van der Waals surface area contributed by atoms with Crippen molar-refractivity contribution in [3.8, 4) is 5.88 Å². The fourth-order valence-electron chi connectivity index (χ4n) is 3.07. The first-order valence-electron chi connectivity index (χ1n) is 8.85. The summed E-state index contributed by atoms with van der Waals surface area (Å²) in [6.07, 6.45) is 1.36. The van der Waals surface area contributed by atoms with Gasteiger partial charge in [-0.05, 0) is 24.6 Å². The maximum Gasteiger partial charge on any atom is 0.300 e. The number of piperidine rings is 1. The van der Waals surface area contributed by atoms with Gasteiger partial charge in [-0.3, -0.25) is 9.59 Å². The minimum absolute atomic E-state index is 0.269. The minimum atomic E-state index is -0.833. The number of aliphatic hydroxyl groups excluding tert-OH is 1. The Labute approximate surface area is 163 Å². The maximum atomic E-state index is 12.7. The first kappa shape index (κ1) is 21.3. The van der Waals surface area contributed by atoms with Crippen LogP contribution in [0.2, 0.25) is 0 Å². The van der Waals surface area contributed by atoms with E-state index in [1.165, 1.54) is 13.3 Å². The van der Waals surface area contributed by atoms with Crippen LogP contribution in [-0.4, -0.2) is 53.4 Å². The van der Waals surface area contributed by atoms with Crippen molar-refractivity contribution < 1.29 is 24.5 Å². The summed E-state index contributed by atoms with van der Waals surface area (Å²) in [4.78, 5) is 25.8. The molecular weight excluding hydrogens is 362 g/mol. The third-order valence-corrected chi connectivity index (χ3v) is 4.44. The standard InChI is InChI=1S/C18H21N3O3.C2H4O2/c1-24-16-8-7-13(11-20-16)17(23)21-18(9-10-19-12-15(18)22)14-5-3-2-4-6-14;1-2(3)4/h2-8,11,15,19,22H,9-10,12H2,1H3,(H,21,23);1H3,(H,3,4)/t15-,18+;/m1./s1. The second-order valence-electron chi connectivity index (χ2n) is 6.37. The highest BCUT2D eigenvalue weighted by molar-refractivity contribution is 5.94. The number of ether oxygens (including phenoxy) is 1. The Morgan fingerprint density at radius 3 is 2.46 bits per heavy atom. The predicted molar refractivity (Wildman–Crippen MR) is 103 cm³/mol. The Morgan fingerprint density at radius 2 is 1.93 bits per heavy atom. The predicted octanol–water partition coefficient (Wildman–Crippen LogP) is 1.16. The fourth-order valence-corrected chi connectivity index (χ4v) is 3.07. The van der Waals surface area contributed by atoms with Crippen molar-refractivity contribution in [2.24, 2.45) is 0 Å². The largest absolute Gasteiger partial charge is 0.481 e. The summed E-state index contributed by atoms with van der Waals surface area (Å²) in [5, 5.41) is 24.3. The Hall–Kier alpha value is -2.97. The summed E-state index contributed by atoms with van der Waals surface area (Å²) in [5.41, 5.74) is 0.509. The van der Waals surface area contributed by atoms with Gasteiger partial charge in [0.25, 0.3) is 11.9 Å². The van der Waals surface area contributed by atoms with Crippen molar-refractivity contribution in [2.75, 3.05) is 20.2 Å². The lowest BCUT2D eigenvalue weighted by molar-refractivity contribution is -0.134. The summed E-state index contributed by atoms with van der Waals surface area (Å²) >= 11 is 0. The van der Waals surface area contributed by atoms with E-state index >= 15 is 0 Å². The molecule has 2 aromatic rings. The number of nitrogens with one attached hydrogen (secondary N) is 2. The summed E-state index contributed by atoms with van der Waals surface area (Å²) < 4.78 is 5.01. The number of carboxylic acid groups (broad SMARTS) is 1. The van der Waals surface area contributed by atoms with Gasteiger partial charge in [-0.25, -0.2) is 4.98 Å². The highest BCUT2D eigenvalue weighted by Crippen LogP contribution is 2.31. The van der Waals surface area contributed by atoms with Gasteiger partial charge in [-0.2, -0.15) is 0 Å². The van der Waals surface area contributed by atoms with Gasteiger partial charge in [-0.1, -0.05) is 30.3 Å². The number of β-amino-alcohol motifs (C(OH)–C–C–N with tert-alkyl or cyclic N) is 1. The van der Waals surface area contributed by atoms with Crippen LogP contribution in [-0.2, 0) is 10.3 Å². The smallest absolute Gasteiger partial charge is 0.300 e. The summed E-state index contributed by atoms with van der Waals surface area (Å²) in [6, 6.07) is 12.9. The molecule has 8 nitrogen and oxygen atoms in total. The summed E-state index contributed by atoms with van der Waals surface area (Å²) in [5.74, 6) is -0.652. The number of aliphatic carboxylic acids is 1. The average molecular weight is 387 g/mol. The van der Waals surface area contributed by atoms with E-state index in [0.29, 0.717) is 31.0 Å². The van der Waals surface area contributed by atoms with Gasteiger partial charge in [-0.15, -0.1) is 0 Å². The molecule has 3 rings (SSSR count). The van der Waals surface area contributed by atoms with Crippen molar-refractivity contribution in [2.45, 2.75) is 25.0 Å². The zero-order chi connectivity index (χ0) is 20.6. The molecular formula is C20H25N3O5. The van der Waals surface area contributed by atoms with Gasteiger partial charge >= 0.3 is 0 Å². The number of carboxylic acids is 1. The van der Waals surface area contributed by atoms with E-state index in [0.717, 1.165) is 12.5 Å². The Kier molecular flexibility index (Phi) is 7.48. The maximum absolute atomic E-state index is 12.7. The molecule has 28 heavy (non-hydrogen) atoms. The molecule has 0 spiro atoms. The van der Waals surface area contributed by atoms with E-state index < -0.39 is 17.6 Å². The van der Waals surface area contributed by atoms with Crippen LogP contribution < -0.4 is 15.4 Å². The molecule has 0 radical (unpaired) electrons. The number of methoxy groups -OCH3 is 1. The Bertz CT molecular complexity index is 778. The highest BCUT2D eigenvalue weighted by atomic mass is 16.5. The number of rotatable bonds is 4. The second-order valence-corrected chi connectivity index (χ2v) is 6.37. The van der Waals surface area contributed by atoms with Crippen LogP contribution in [0.25, 0.3) is 0 Å². The molecule has 2 atom stereocenters. The van der Waals surface area contributed by atoms with E-state index in [2.05, 4.69) is 15.6 Å². The molecule has 0 aliphatic carbocycles. The van der Waals surface area contributed by atoms with Gasteiger partial charge in [0.2, 0.25) is 5.88 Å². The number of amides is 1. The van der Waals surface area contributed by atoms with E-state index in [4.69, 9.17) is 14.6 Å². The van der Waals surface area contributed by atoms with Crippen LogP contribution in [0.4, 0.5) is 0 Å². The van der Waals surface area contributed by atoms with Gasteiger partial charge < -0.3 is 25.6 Å². The molecule has 1 aliphatic rings. The first-order valence-corrected chi connectivity index (χ1v) is 8.85. The van der Waals surface area contributed by atoms with E-state index in [-0.39, 0.29) is 5.91 Å². The molecule has 1 fully saturated rings. The summed E-state index contributed by atoms with van der Waals surface area (Å²) in [6.45, 7) is 2.23. The molecule has 1 saturated heterocycles. The van der Waals surface area contributed by atoms with Crippen molar-refractivity contribution in [3.63, 3.8) is 0 Å². The highest BCUT2D eigenvalue weighted by Gasteiger charge is 2.42. The van der Waals surface area contributed by atoms with E-state index in [1.807, 2.05) is 30.3 Å². The number of carbonyl (C=O) groups excluding carboxylic acids is 1. The van der Waals surface area contributed by atoms with Crippen LogP contribution in [0.15, 0.2) is 48.7 Å². The van der Waals surface area contributed by atoms with E-state index in [1.54, 1.807) is 12.1 Å². The number of aliphatic hydroxyl groups is 1. The molecule has 0 unspecified atom stereocenters. The topological polar surface area (TPSA) is 121 Å². The van der Waals surface area contributed by atoms with Crippen molar-refractivity contribution in [1.82, 2.24) is 15.6 Å². The zero-order valence-electron chi connectivity index (χ0n) is 15.9. The molecule has 1 amide bonds. The number of nitrogens with zero attached hydrogens (tertiary/aromatic N) is 1. The quantitative estimate of drug-likeness (QED) is 0.621. The SMILES string of the molecule is CC(=O)O.COc1ccc(C(=O)N[C@]2(c3ccccc3)CCNC[C@H]2O)cn1. The van der Waals surface area contributed by atoms with Crippen LogP contribution in [0, 0.1) is 0 Å². The number of hydrogen-bond donors (Lipinski definition) is 4. The number of carbonyl (C=O) groups is 2. The fraction of sp³-hybridized carbons (Fsp3) is 0.350. The zero-order valence-corrected chi connectivity index (χ0v) is 15.9. The van der Waals surface area contributed by atoms with Crippen molar-refractivity contribution in [3.05, 3.63) is 59.8 Å². The van der Waals surface area contributed by atoms with Crippen LogP contribution >= 0.6 is 0 Å². The van der Waals surface area contributed by atoms with Gasteiger partial charge in [0.05, 0.1) is 24.3 Å². The van der Waals surface area contributed by atoms with Crippen molar-refractivity contribution in [1.29, 1.82) is 0 Å². The molecule has 1 aromatic heterocycles. The number of aromatic nitrogens is 1. The molecule has 0 bridgehead atoms. The molecule has 1 aromatic carbocycles. The molecule has 150 valence electrons. The first-order chi connectivity index (χ1) is 13.4. The van der Waals surface area contributed by atoms with Crippen molar-refractivity contribution >= 4 is 11.9 Å². The minimum Gasteiger partial charge on any atom is -0.481 e. The molecule has 8 heteroatoms. The molecule has 1 aliphatic heterocycles. The molecule has 0 saturated carbocycles. The molecule has 2 heterocycles. The van der Waals surface area contributed by atoms with Crippen LogP contribution in [0.3, 0.4) is 0 Å². The van der Waals surface area contributed by atoms with Crippen LogP contribution in [0.5, 0.6) is 5.88 Å². The Balaban J connectivity index is 0.000000640. The number of benzene rings is 1. The third-order valence-electron chi connectivity index (χ3n) is 4.44.